The molecule has 0 aromatic heterocycles. The third-order valence-corrected chi connectivity index (χ3v) is 8.46. The van der Waals surface area contributed by atoms with Crippen molar-refractivity contribution in [3.8, 4) is 0 Å². The third kappa shape index (κ3) is 6.94. The molecule has 3 N–H and O–H groups in total. The molecular formula is C32H34Cl2FN3O4. The zero-order chi connectivity index (χ0) is 30.3. The Bertz CT molecular complexity index is 1430. The predicted octanol–water partition coefficient (Wildman–Crippen LogP) is 7.44. The van der Waals surface area contributed by atoms with E-state index in [1.54, 1.807) is 48.5 Å². The Labute approximate surface area is 255 Å². The monoisotopic (exact) mass is 613 g/mol. The van der Waals surface area contributed by atoms with Crippen molar-refractivity contribution in [1.29, 1.82) is 0 Å². The second kappa shape index (κ2) is 14.1. The number of anilines is 2. The number of hydrogen-bond acceptors (Lipinski definition) is 5. The van der Waals surface area contributed by atoms with Crippen LogP contribution < -0.4 is 16.0 Å². The number of esters is 1. The molecular weight excluding hydrogens is 580 g/mol. The molecule has 1 aliphatic rings. The normalized spacial score (nSPS) is 15.7. The summed E-state index contributed by atoms with van der Waals surface area (Å²) >= 11 is 12.5. The first kappa shape index (κ1) is 31.5. The van der Waals surface area contributed by atoms with Gasteiger partial charge in [0.05, 0.1) is 23.7 Å². The molecule has 1 fully saturated rings. The summed E-state index contributed by atoms with van der Waals surface area (Å²) in [7, 11) is 1.30. The number of ether oxygens (including phenoxy) is 1. The summed E-state index contributed by atoms with van der Waals surface area (Å²) in [5.74, 6) is -2.03. The number of methoxy groups -OCH3 is 1. The molecule has 0 heterocycles. The smallest absolute Gasteiger partial charge is 0.337 e. The molecule has 222 valence electrons. The minimum absolute atomic E-state index is 0.0222. The van der Waals surface area contributed by atoms with Crippen LogP contribution in [0.15, 0.2) is 60.7 Å². The second-order valence-corrected chi connectivity index (χ2v) is 11.3. The standard InChI is InChI=1S/C32H34Cl2FN3O4/c1-3-23(24-8-7-9-26(34)28(24)35)29(30(40)37-22-13-10-20(11-14-22)31(41)42-2)38-32(16-5-4-6-17-32)25-15-12-21(33)18-27(25)36-19-39/h7-15,18-19,23,29,38H,3-6,16-17H2,1-2H3,(H,36,39)(H,37,40)/t23-,29+/m0/s1. The van der Waals surface area contributed by atoms with Crippen LogP contribution in [0.25, 0.3) is 0 Å². The zero-order valence-electron chi connectivity index (χ0n) is 23.5. The van der Waals surface area contributed by atoms with Gasteiger partial charge in [0.1, 0.15) is 5.82 Å². The summed E-state index contributed by atoms with van der Waals surface area (Å²) < 4.78 is 20.2. The number of carbonyl (C=O) groups is 3. The average molecular weight is 615 g/mol. The maximum absolute atomic E-state index is 15.5. The van der Waals surface area contributed by atoms with Gasteiger partial charge in [0.25, 0.3) is 0 Å². The quantitative estimate of drug-likeness (QED) is 0.154. The van der Waals surface area contributed by atoms with E-state index in [4.69, 9.17) is 27.9 Å². The highest BCUT2D eigenvalue weighted by Gasteiger charge is 2.42. The first-order chi connectivity index (χ1) is 20.2. The lowest BCUT2D eigenvalue weighted by molar-refractivity contribution is -0.119. The van der Waals surface area contributed by atoms with Crippen molar-refractivity contribution in [2.45, 2.75) is 62.9 Å². The van der Waals surface area contributed by atoms with Gasteiger partial charge in [-0.3, -0.25) is 14.9 Å². The number of halogens is 3. The van der Waals surface area contributed by atoms with E-state index in [2.05, 4.69) is 16.0 Å². The lowest BCUT2D eigenvalue weighted by Gasteiger charge is -2.44. The number of amides is 2. The van der Waals surface area contributed by atoms with Gasteiger partial charge >= 0.3 is 5.97 Å². The fraction of sp³-hybridized carbons (Fsp3) is 0.344. The molecule has 2 amide bonds. The Morgan fingerprint density at radius 3 is 2.40 bits per heavy atom. The van der Waals surface area contributed by atoms with Gasteiger partial charge in [0.15, 0.2) is 0 Å². The van der Waals surface area contributed by atoms with Crippen LogP contribution in [-0.2, 0) is 19.9 Å². The van der Waals surface area contributed by atoms with Crippen molar-refractivity contribution in [2.75, 3.05) is 17.7 Å². The van der Waals surface area contributed by atoms with Crippen LogP contribution in [0.2, 0.25) is 10.0 Å². The SMILES string of the molecule is CC[C@@H](c1cccc(Cl)c1F)[C@@H](NC1(c2ccc(Cl)cc2NC=O)CCCCC1)C(=O)Nc1ccc(C(=O)OC)cc1. The number of carbonyl (C=O) groups excluding carboxylic acids is 3. The summed E-state index contributed by atoms with van der Waals surface area (Å²) in [5.41, 5.74) is 1.77. The third-order valence-electron chi connectivity index (χ3n) is 7.93. The Kier molecular flexibility index (Phi) is 10.6. The Hall–Kier alpha value is -3.46. The molecule has 1 aliphatic carbocycles. The van der Waals surface area contributed by atoms with E-state index in [1.165, 1.54) is 13.2 Å². The van der Waals surface area contributed by atoms with E-state index in [0.717, 1.165) is 24.8 Å². The van der Waals surface area contributed by atoms with Gasteiger partial charge in [-0.2, -0.15) is 0 Å². The van der Waals surface area contributed by atoms with Crippen LogP contribution >= 0.6 is 23.2 Å². The Balaban J connectivity index is 1.79. The van der Waals surface area contributed by atoms with E-state index < -0.39 is 29.3 Å². The van der Waals surface area contributed by atoms with Gasteiger partial charge < -0.3 is 15.4 Å². The summed E-state index contributed by atoms with van der Waals surface area (Å²) in [6, 6.07) is 15.6. The van der Waals surface area contributed by atoms with Crippen LogP contribution in [0.5, 0.6) is 0 Å². The van der Waals surface area contributed by atoms with Crippen molar-refractivity contribution in [2.24, 2.45) is 0 Å². The van der Waals surface area contributed by atoms with Crippen molar-refractivity contribution >= 4 is 52.9 Å². The minimum atomic E-state index is -0.902. The maximum Gasteiger partial charge on any atom is 0.337 e. The molecule has 0 bridgehead atoms. The number of hydrogen-bond donors (Lipinski definition) is 3. The van der Waals surface area contributed by atoms with Crippen molar-refractivity contribution in [3.63, 3.8) is 0 Å². The van der Waals surface area contributed by atoms with E-state index in [9.17, 15) is 14.4 Å². The first-order valence-electron chi connectivity index (χ1n) is 13.9. The van der Waals surface area contributed by atoms with Crippen molar-refractivity contribution in [1.82, 2.24) is 5.32 Å². The van der Waals surface area contributed by atoms with Crippen LogP contribution in [0.4, 0.5) is 15.8 Å². The van der Waals surface area contributed by atoms with Gasteiger partial charge in [-0.15, -0.1) is 0 Å². The molecule has 2 atom stereocenters. The highest BCUT2D eigenvalue weighted by Crippen LogP contribution is 2.43. The minimum Gasteiger partial charge on any atom is -0.465 e. The van der Waals surface area contributed by atoms with Gasteiger partial charge in [-0.25, -0.2) is 9.18 Å². The number of nitrogens with one attached hydrogen (secondary N) is 3. The molecule has 1 saturated carbocycles. The largest absolute Gasteiger partial charge is 0.465 e. The molecule has 4 rings (SSSR count). The van der Waals surface area contributed by atoms with Gasteiger partial charge in [-0.1, -0.05) is 67.6 Å². The van der Waals surface area contributed by atoms with Crippen molar-refractivity contribution in [3.05, 3.63) is 93.2 Å². The van der Waals surface area contributed by atoms with Crippen LogP contribution in [0, 0.1) is 5.82 Å². The molecule has 3 aromatic rings. The topological polar surface area (TPSA) is 96.5 Å². The van der Waals surface area contributed by atoms with E-state index in [-0.39, 0.29) is 10.9 Å². The summed E-state index contributed by atoms with van der Waals surface area (Å²) in [6.45, 7) is 1.90. The summed E-state index contributed by atoms with van der Waals surface area (Å²) in [4.78, 5) is 37.6. The van der Waals surface area contributed by atoms with Crippen molar-refractivity contribution < 1.29 is 23.5 Å². The molecule has 0 spiro atoms. The highest BCUT2D eigenvalue weighted by atomic mass is 35.5. The van der Waals surface area contributed by atoms with E-state index in [0.29, 0.717) is 53.2 Å². The molecule has 3 aromatic carbocycles. The summed E-state index contributed by atoms with van der Waals surface area (Å²) in [6.07, 6.45) is 5.22. The zero-order valence-corrected chi connectivity index (χ0v) is 25.0. The van der Waals surface area contributed by atoms with Crippen LogP contribution in [-0.4, -0.2) is 31.4 Å². The van der Waals surface area contributed by atoms with Gasteiger partial charge in [0, 0.05) is 27.9 Å². The molecule has 0 aliphatic heterocycles. The van der Waals surface area contributed by atoms with E-state index in [1.807, 2.05) is 13.0 Å². The second-order valence-electron chi connectivity index (χ2n) is 10.4. The maximum atomic E-state index is 15.5. The Morgan fingerprint density at radius 2 is 1.76 bits per heavy atom. The number of benzene rings is 3. The first-order valence-corrected chi connectivity index (χ1v) is 14.7. The lowest BCUT2D eigenvalue weighted by Crippen LogP contribution is -2.55. The molecule has 0 radical (unpaired) electrons. The fourth-order valence-electron chi connectivity index (χ4n) is 5.88. The Morgan fingerprint density at radius 1 is 1.05 bits per heavy atom. The molecule has 10 heteroatoms. The summed E-state index contributed by atoms with van der Waals surface area (Å²) in [5, 5.41) is 9.83. The lowest BCUT2D eigenvalue weighted by atomic mass is 9.74. The van der Waals surface area contributed by atoms with Gasteiger partial charge in [0.2, 0.25) is 12.3 Å². The number of rotatable bonds is 11. The fourth-order valence-corrected chi connectivity index (χ4v) is 6.23. The highest BCUT2D eigenvalue weighted by molar-refractivity contribution is 6.31. The van der Waals surface area contributed by atoms with Crippen LogP contribution in [0.1, 0.15) is 72.9 Å². The molecule has 0 unspecified atom stereocenters. The van der Waals surface area contributed by atoms with Gasteiger partial charge in [-0.05, 0) is 72.9 Å². The molecule has 42 heavy (non-hydrogen) atoms. The molecule has 7 nitrogen and oxygen atoms in total. The average Bonchev–Trinajstić information content (AvgIpc) is 2.99. The predicted molar refractivity (Wildman–Crippen MR) is 164 cm³/mol. The molecule has 0 saturated heterocycles. The van der Waals surface area contributed by atoms with Crippen LogP contribution in [0.3, 0.4) is 0 Å². The van der Waals surface area contributed by atoms with E-state index >= 15 is 4.39 Å².